The second-order valence-corrected chi connectivity index (χ2v) is 5.63. The fourth-order valence-electron chi connectivity index (χ4n) is 1.93. The van der Waals surface area contributed by atoms with E-state index in [1.54, 1.807) is 6.92 Å². The molecule has 1 aromatic rings. The van der Waals surface area contributed by atoms with Gasteiger partial charge in [-0.05, 0) is 24.0 Å². The van der Waals surface area contributed by atoms with Crippen LogP contribution in [0, 0.1) is 0 Å². The van der Waals surface area contributed by atoms with Crippen molar-refractivity contribution in [1.29, 1.82) is 0 Å². The maximum atomic E-state index is 12.1. The third-order valence-corrected chi connectivity index (χ3v) is 2.97. The molecule has 0 fully saturated rings. The van der Waals surface area contributed by atoms with Crippen molar-refractivity contribution in [3.05, 3.63) is 29.8 Å². The molecule has 0 heterocycles. The Kier molecular flexibility index (Phi) is 5.13. The van der Waals surface area contributed by atoms with Gasteiger partial charge in [0, 0.05) is 12.2 Å². The standard InChI is InChI=1S/C15H22N2O3/c1-5-17(10-13(18)19)14(20)16-12-9-7-6-8-11(12)15(2,3)4/h6-9H,5,10H2,1-4H3,(H,16,20)(H,18,19). The van der Waals surface area contributed by atoms with E-state index in [9.17, 15) is 9.59 Å². The van der Waals surface area contributed by atoms with Crippen LogP contribution in [0.2, 0.25) is 0 Å². The molecule has 1 rings (SSSR count). The van der Waals surface area contributed by atoms with Gasteiger partial charge in [-0.2, -0.15) is 0 Å². The molecule has 20 heavy (non-hydrogen) atoms. The van der Waals surface area contributed by atoms with Gasteiger partial charge in [-0.25, -0.2) is 4.79 Å². The predicted octanol–water partition coefficient (Wildman–Crippen LogP) is 2.92. The summed E-state index contributed by atoms with van der Waals surface area (Å²) in [4.78, 5) is 24.1. The van der Waals surface area contributed by atoms with Crippen molar-refractivity contribution >= 4 is 17.7 Å². The highest BCUT2D eigenvalue weighted by atomic mass is 16.4. The van der Waals surface area contributed by atoms with Crippen LogP contribution >= 0.6 is 0 Å². The summed E-state index contributed by atoms with van der Waals surface area (Å²) < 4.78 is 0. The lowest BCUT2D eigenvalue weighted by Crippen LogP contribution is -2.39. The quantitative estimate of drug-likeness (QED) is 0.889. The van der Waals surface area contributed by atoms with Gasteiger partial charge < -0.3 is 15.3 Å². The van der Waals surface area contributed by atoms with Crippen molar-refractivity contribution in [3.63, 3.8) is 0 Å². The zero-order valence-corrected chi connectivity index (χ0v) is 12.4. The Balaban J connectivity index is 2.93. The van der Waals surface area contributed by atoms with Crippen LogP contribution in [0.4, 0.5) is 10.5 Å². The van der Waals surface area contributed by atoms with E-state index in [4.69, 9.17) is 5.11 Å². The Morgan fingerprint density at radius 3 is 2.35 bits per heavy atom. The number of nitrogens with one attached hydrogen (secondary N) is 1. The monoisotopic (exact) mass is 278 g/mol. The molecule has 1 aromatic carbocycles. The van der Waals surface area contributed by atoms with Crippen LogP contribution in [-0.4, -0.2) is 35.1 Å². The first-order valence-corrected chi connectivity index (χ1v) is 6.63. The molecule has 0 saturated carbocycles. The lowest BCUT2D eigenvalue weighted by atomic mass is 9.86. The fourth-order valence-corrected chi connectivity index (χ4v) is 1.93. The van der Waals surface area contributed by atoms with E-state index in [1.165, 1.54) is 4.90 Å². The highest BCUT2D eigenvalue weighted by Gasteiger charge is 2.20. The summed E-state index contributed by atoms with van der Waals surface area (Å²) in [6.07, 6.45) is 0. The van der Waals surface area contributed by atoms with E-state index >= 15 is 0 Å². The number of carbonyl (C=O) groups excluding carboxylic acids is 1. The summed E-state index contributed by atoms with van der Waals surface area (Å²) in [5.41, 5.74) is 1.63. The first-order valence-electron chi connectivity index (χ1n) is 6.63. The van der Waals surface area contributed by atoms with Gasteiger partial charge in [0.15, 0.2) is 0 Å². The fraction of sp³-hybridized carbons (Fsp3) is 0.467. The molecule has 0 radical (unpaired) electrons. The minimum atomic E-state index is -1.02. The lowest BCUT2D eigenvalue weighted by molar-refractivity contribution is -0.137. The summed E-state index contributed by atoms with van der Waals surface area (Å²) in [5, 5.41) is 11.6. The van der Waals surface area contributed by atoms with Crippen molar-refractivity contribution in [2.75, 3.05) is 18.4 Å². The molecule has 110 valence electrons. The number of para-hydroxylation sites is 1. The number of carboxylic acid groups (broad SMARTS) is 1. The number of urea groups is 1. The Morgan fingerprint density at radius 1 is 1.25 bits per heavy atom. The van der Waals surface area contributed by atoms with Crippen LogP contribution < -0.4 is 5.32 Å². The van der Waals surface area contributed by atoms with Gasteiger partial charge in [0.1, 0.15) is 6.54 Å². The zero-order chi connectivity index (χ0) is 15.3. The van der Waals surface area contributed by atoms with Gasteiger partial charge in [-0.1, -0.05) is 39.0 Å². The zero-order valence-electron chi connectivity index (χ0n) is 12.4. The molecule has 0 aliphatic heterocycles. The van der Waals surface area contributed by atoms with Crippen molar-refractivity contribution < 1.29 is 14.7 Å². The Bertz CT molecular complexity index is 492. The Hall–Kier alpha value is -2.04. The largest absolute Gasteiger partial charge is 0.480 e. The van der Waals surface area contributed by atoms with Gasteiger partial charge in [0.2, 0.25) is 0 Å². The van der Waals surface area contributed by atoms with Crippen LogP contribution in [0.15, 0.2) is 24.3 Å². The maximum absolute atomic E-state index is 12.1. The van der Waals surface area contributed by atoms with Crippen LogP contribution in [0.3, 0.4) is 0 Å². The molecule has 0 bridgehead atoms. The number of rotatable bonds is 4. The van der Waals surface area contributed by atoms with Gasteiger partial charge in [0.05, 0.1) is 0 Å². The Morgan fingerprint density at radius 2 is 1.85 bits per heavy atom. The molecule has 2 amide bonds. The van der Waals surface area contributed by atoms with Gasteiger partial charge in [0.25, 0.3) is 0 Å². The van der Waals surface area contributed by atoms with Crippen molar-refractivity contribution in [2.24, 2.45) is 0 Å². The second-order valence-electron chi connectivity index (χ2n) is 5.63. The van der Waals surface area contributed by atoms with Crippen LogP contribution in [0.5, 0.6) is 0 Å². The molecule has 5 nitrogen and oxygen atoms in total. The summed E-state index contributed by atoms with van der Waals surface area (Å²) in [6.45, 7) is 7.97. The number of aliphatic carboxylic acids is 1. The number of nitrogens with zero attached hydrogens (tertiary/aromatic N) is 1. The highest BCUT2D eigenvalue weighted by Crippen LogP contribution is 2.29. The Labute approximate surface area is 119 Å². The minimum absolute atomic E-state index is 0.103. The minimum Gasteiger partial charge on any atom is -0.480 e. The number of carboxylic acids is 1. The summed E-state index contributed by atoms with van der Waals surface area (Å²) in [6, 6.07) is 7.16. The summed E-state index contributed by atoms with van der Waals surface area (Å²) >= 11 is 0. The van der Waals surface area contributed by atoms with Crippen molar-refractivity contribution in [1.82, 2.24) is 4.90 Å². The lowest BCUT2D eigenvalue weighted by Gasteiger charge is -2.25. The number of amides is 2. The third kappa shape index (κ3) is 4.26. The molecule has 0 aliphatic rings. The van der Waals surface area contributed by atoms with E-state index < -0.39 is 12.0 Å². The van der Waals surface area contributed by atoms with Gasteiger partial charge >= 0.3 is 12.0 Å². The second kappa shape index (κ2) is 6.41. The molecule has 0 unspecified atom stereocenters. The summed E-state index contributed by atoms with van der Waals surface area (Å²) in [7, 11) is 0. The van der Waals surface area contributed by atoms with E-state index in [0.717, 1.165) is 5.56 Å². The molecule has 5 heteroatoms. The van der Waals surface area contributed by atoms with Gasteiger partial charge in [-0.3, -0.25) is 4.79 Å². The molecule has 0 spiro atoms. The number of benzene rings is 1. The first-order chi connectivity index (χ1) is 9.25. The number of likely N-dealkylation sites (N-methyl/N-ethyl adjacent to an activating group) is 1. The van der Waals surface area contributed by atoms with E-state index in [1.807, 2.05) is 24.3 Å². The number of anilines is 1. The van der Waals surface area contributed by atoms with Gasteiger partial charge in [-0.15, -0.1) is 0 Å². The highest BCUT2D eigenvalue weighted by molar-refractivity contribution is 5.92. The van der Waals surface area contributed by atoms with Crippen LogP contribution in [-0.2, 0) is 10.2 Å². The molecule has 0 aromatic heterocycles. The van der Waals surface area contributed by atoms with Crippen LogP contribution in [0.25, 0.3) is 0 Å². The van der Waals surface area contributed by atoms with E-state index in [-0.39, 0.29) is 12.0 Å². The number of carbonyl (C=O) groups is 2. The number of hydrogen-bond acceptors (Lipinski definition) is 2. The maximum Gasteiger partial charge on any atom is 0.323 e. The molecule has 0 atom stereocenters. The van der Waals surface area contributed by atoms with Crippen LogP contribution in [0.1, 0.15) is 33.3 Å². The topological polar surface area (TPSA) is 69.6 Å². The SMILES string of the molecule is CCN(CC(=O)O)C(=O)Nc1ccccc1C(C)(C)C. The molecule has 2 N–H and O–H groups in total. The van der Waals surface area contributed by atoms with E-state index in [2.05, 4.69) is 26.1 Å². The average molecular weight is 278 g/mol. The number of hydrogen-bond donors (Lipinski definition) is 2. The normalized spacial score (nSPS) is 11.0. The third-order valence-electron chi connectivity index (χ3n) is 2.97. The van der Waals surface area contributed by atoms with Crippen molar-refractivity contribution in [3.8, 4) is 0 Å². The van der Waals surface area contributed by atoms with Crippen molar-refractivity contribution in [2.45, 2.75) is 33.1 Å². The smallest absolute Gasteiger partial charge is 0.323 e. The molecular formula is C15H22N2O3. The average Bonchev–Trinajstić information content (AvgIpc) is 2.34. The molecule has 0 aliphatic carbocycles. The summed E-state index contributed by atoms with van der Waals surface area (Å²) in [5.74, 6) is -1.02. The molecular weight excluding hydrogens is 256 g/mol. The van der Waals surface area contributed by atoms with E-state index in [0.29, 0.717) is 12.2 Å². The predicted molar refractivity (Wildman–Crippen MR) is 79.0 cm³/mol. The molecule has 0 saturated heterocycles. The first kappa shape index (κ1) is 16.0.